The lowest BCUT2D eigenvalue weighted by Gasteiger charge is -2.13. The van der Waals surface area contributed by atoms with Crippen molar-refractivity contribution in [2.45, 2.75) is 6.61 Å². The quantitative estimate of drug-likeness (QED) is 0.477. The molecule has 0 amide bonds. The van der Waals surface area contributed by atoms with Crippen LogP contribution in [-0.4, -0.2) is 10.3 Å². The Kier molecular flexibility index (Phi) is 4.93. The second kappa shape index (κ2) is 7.84. The van der Waals surface area contributed by atoms with E-state index in [2.05, 4.69) is 5.16 Å². The van der Waals surface area contributed by atoms with E-state index in [1.54, 1.807) is 6.07 Å². The topological polar surface area (TPSA) is 64.7 Å². The normalized spacial score (nSPS) is 10.6. The van der Waals surface area contributed by atoms with Crippen LogP contribution in [0.3, 0.4) is 0 Å². The number of hydrogen-bond donors (Lipinski definition) is 1. The number of nitrogens with zero attached hydrogens (tertiary/aromatic N) is 1. The number of aromatic nitrogens is 1. The number of ether oxygens (including phenoxy) is 2. The summed E-state index contributed by atoms with van der Waals surface area (Å²) >= 11 is 0. The van der Waals surface area contributed by atoms with Crippen molar-refractivity contribution in [3.8, 4) is 34.5 Å². The maximum Gasteiger partial charge on any atom is 0.252 e. The second-order valence-electron chi connectivity index (χ2n) is 6.01. The Morgan fingerprint density at radius 3 is 2.43 bits per heavy atom. The number of aromatic hydroxyl groups is 1. The Bertz CT molecular complexity index is 1080. The SMILES string of the molecule is Oc1cc(-c2ccc(OCc3ccccc3Oc3ccccc3)c(F)c2)on1. The van der Waals surface area contributed by atoms with Gasteiger partial charge in [0.2, 0.25) is 0 Å². The van der Waals surface area contributed by atoms with Crippen LogP contribution < -0.4 is 9.47 Å². The van der Waals surface area contributed by atoms with Crippen LogP contribution in [0.25, 0.3) is 11.3 Å². The minimum Gasteiger partial charge on any atom is -0.491 e. The van der Waals surface area contributed by atoms with E-state index in [0.29, 0.717) is 17.1 Å². The van der Waals surface area contributed by atoms with Gasteiger partial charge in [-0.1, -0.05) is 36.4 Å². The van der Waals surface area contributed by atoms with Gasteiger partial charge in [-0.25, -0.2) is 4.39 Å². The third-order valence-electron chi connectivity index (χ3n) is 4.04. The first kappa shape index (κ1) is 17.6. The van der Waals surface area contributed by atoms with E-state index in [9.17, 15) is 9.50 Å². The smallest absolute Gasteiger partial charge is 0.252 e. The summed E-state index contributed by atoms with van der Waals surface area (Å²) in [6.07, 6.45) is 0. The standard InChI is InChI=1S/C22H16FNO4/c23-18-12-15(21-13-22(25)24-28-21)10-11-20(18)26-14-16-6-4-5-9-19(16)27-17-7-2-1-3-8-17/h1-13H,14H2,(H,24,25). The van der Waals surface area contributed by atoms with E-state index in [-0.39, 0.29) is 24.0 Å². The number of halogens is 1. The van der Waals surface area contributed by atoms with E-state index < -0.39 is 5.82 Å². The highest BCUT2D eigenvalue weighted by Gasteiger charge is 2.12. The van der Waals surface area contributed by atoms with Gasteiger partial charge in [-0.3, -0.25) is 0 Å². The van der Waals surface area contributed by atoms with Crippen molar-refractivity contribution < 1.29 is 23.5 Å². The average molecular weight is 377 g/mol. The zero-order valence-corrected chi connectivity index (χ0v) is 14.7. The van der Waals surface area contributed by atoms with Gasteiger partial charge >= 0.3 is 0 Å². The highest BCUT2D eigenvalue weighted by atomic mass is 19.1. The molecule has 28 heavy (non-hydrogen) atoms. The molecular formula is C22H16FNO4. The summed E-state index contributed by atoms with van der Waals surface area (Å²) in [4.78, 5) is 0. The molecule has 0 saturated carbocycles. The molecule has 0 saturated heterocycles. The summed E-state index contributed by atoms with van der Waals surface area (Å²) in [6, 6.07) is 22.5. The predicted molar refractivity (Wildman–Crippen MR) is 101 cm³/mol. The Hall–Kier alpha value is -3.80. The van der Waals surface area contributed by atoms with Gasteiger partial charge in [0.25, 0.3) is 5.88 Å². The van der Waals surface area contributed by atoms with Gasteiger partial charge in [-0.05, 0) is 41.6 Å². The molecule has 6 heteroatoms. The summed E-state index contributed by atoms with van der Waals surface area (Å²) in [7, 11) is 0. The fraction of sp³-hybridized carbons (Fsp3) is 0.0455. The summed E-state index contributed by atoms with van der Waals surface area (Å²) < 4.78 is 30.9. The molecule has 3 aromatic carbocycles. The largest absolute Gasteiger partial charge is 0.491 e. The molecule has 0 aliphatic rings. The Balaban J connectivity index is 1.49. The molecule has 0 bridgehead atoms. The van der Waals surface area contributed by atoms with Crippen molar-refractivity contribution in [3.05, 3.63) is 90.2 Å². The van der Waals surface area contributed by atoms with E-state index in [0.717, 1.165) is 5.56 Å². The van der Waals surface area contributed by atoms with Gasteiger partial charge in [-0.2, -0.15) is 0 Å². The van der Waals surface area contributed by atoms with Gasteiger partial charge in [-0.15, -0.1) is 0 Å². The third-order valence-corrected chi connectivity index (χ3v) is 4.04. The van der Waals surface area contributed by atoms with Gasteiger partial charge < -0.3 is 19.1 Å². The molecule has 140 valence electrons. The molecule has 1 heterocycles. The van der Waals surface area contributed by atoms with Crippen LogP contribution in [0.5, 0.6) is 23.1 Å². The highest BCUT2D eigenvalue weighted by Crippen LogP contribution is 2.30. The van der Waals surface area contributed by atoms with Crippen molar-refractivity contribution in [2.75, 3.05) is 0 Å². The van der Waals surface area contributed by atoms with Crippen LogP contribution in [0.4, 0.5) is 4.39 Å². The lowest BCUT2D eigenvalue weighted by molar-refractivity contribution is 0.285. The van der Waals surface area contributed by atoms with E-state index in [1.165, 1.54) is 18.2 Å². The van der Waals surface area contributed by atoms with Gasteiger partial charge in [0.1, 0.15) is 18.1 Å². The van der Waals surface area contributed by atoms with Crippen LogP contribution in [0.15, 0.2) is 83.4 Å². The molecule has 0 aliphatic carbocycles. The Labute approximate surface area is 160 Å². The van der Waals surface area contributed by atoms with Crippen molar-refractivity contribution in [1.29, 1.82) is 0 Å². The fourth-order valence-corrected chi connectivity index (χ4v) is 2.67. The predicted octanol–water partition coefficient (Wildman–Crippen LogP) is 5.56. The molecule has 4 rings (SSSR count). The number of benzene rings is 3. The molecule has 0 spiro atoms. The highest BCUT2D eigenvalue weighted by molar-refractivity contribution is 5.59. The number of para-hydroxylation sites is 2. The van der Waals surface area contributed by atoms with Crippen LogP contribution in [0.2, 0.25) is 0 Å². The van der Waals surface area contributed by atoms with Crippen molar-refractivity contribution in [3.63, 3.8) is 0 Å². The maximum atomic E-state index is 14.4. The zero-order valence-electron chi connectivity index (χ0n) is 14.7. The van der Waals surface area contributed by atoms with Gasteiger partial charge in [0, 0.05) is 17.2 Å². The summed E-state index contributed by atoms with van der Waals surface area (Å²) in [5, 5.41) is 12.6. The van der Waals surface area contributed by atoms with Crippen LogP contribution in [0.1, 0.15) is 5.56 Å². The van der Waals surface area contributed by atoms with Crippen molar-refractivity contribution >= 4 is 0 Å². The first-order valence-electron chi connectivity index (χ1n) is 8.58. The number of hydrogen-bond acceptors (Lipinski definition) is 5. The minimum absolute atomic E-state index is 0.0991. The molecular weight excluding hydrogens is 361 g/mol. The van der Waals surface area contributed by atoms with Crippen molar-refractivity contribution in [2.24, 2.45) is 0 Å². The molecule has 0 radical (unpaired) electrons. The zero-order chi connectivity index (χ0) is 19.3. The molecule has 0 unspecified atom stereocenters. The van der Waals surface area contributed by atoms with E-state index in [4.69, 9.17) is 14.0 Å². The summed E-state index contributed by atoms with van der Waals surface area (Å²) in [5.41, 5.74) is 1.24. The Morgan fingerprint density at radius 1 is 0.893 bits per heavy atom. The van der Waals surface area contributed by atoms with Gasteiger partial charge in [0.05, 0.1) is 0 Å². The molecule has 0 atom stereocenters. The molecule has 5 nitrogen and oxygen atoms in total. The fourth-order valence-electron chi connectivity index (χ4n) is 2.67. The molecule has 1 N–H and O–H groups in total. The second-order valence-corrected chi connectivity index (χ2v) is 6.01. The van der Waals surface area contributed by atoms with Crippen LogP contribution >= 0.6 is 0 Å². The third kappa shape index (κ3) is 3.96. The first-order chi connectivity index (χ1) is 13.7. The Morgan fingerprint density at radius 2 is 1.68 bits per heavy atom. The van der Waals surface area contributed by atoms with E-state index >= 15 is 0 Å². The lowest BCUT2D eigenvalue weighted by atomic mass is 10.1. The molecule has 0 aliphatic heterocycles. The van der Waals surface area contributed by atoms with Gasteiger partial charge in [0.15, 0.2) is 17.3 Å². The van der Waals surface area contributed by atoms with Crippen LogP contribution in [-0.2, 0) is 6.61 Å². The van der Waals surface area contributed by atoms with Crippen molar-refractivity contribution in [1.82, 2.24) is 5.16 Å². The molecule has 4 aromatic rings. The summed E-state index contributed by atoms with van der Waals surface area (Å²) in [6.45, 7) is 0.141. The average Bonchev–Trinajstić information content (AvgIpc) is 3.15. The van der Waals surface area contributed by atoms with E-state index in [1.807, 2.05) is 54.6 Å². The summed E-state index contributed by atoms with van der Waals surface area (Å²) in [5.74, 6) is 0.913. The minimum atomic E-state index is -0.546. The van der Waals surface area contributed by atoms with Crippen LogP contribution in [0, 0.1) is 5.82 Å². The first-order valence-corrected chi connectivity index (χ1v) is 8.58. The monoisotopic (exact) mass is 377 g/mol. The number of rotatable bonds is 6. The lowest BCUT2D eigenvalue weighted by Crippen LogP contribution is -2.00. The maximum absolute atomic E-state index is 14.4. The molecule has 0 fully saturated rings. The molecule has 1 aromatic heterocycles.